The van der Waals surface area contributed by atoms with Crippen molar-refractivity contribution < 1.29 is 23.4 Å². The Hall–Kier alpha value is -3.74. The van der Waals surface area contributed by atoms with E-state index in [9.17, 15) is 9.18 Å². The molecule has 1 N–H and O–H groups in total. The van der Waals surface area contributed by atoms with E-state index in [2.05, 4.69) is 5.32 Å². The fourth-order valence-corrected chi connectivity index (χ4v) is 3.64. The van der Waals surface area contributed by atoms with Crippen molar-refractivity contribution in [2.75, 3.05) is 31.5 Å². The zero-order valence-corrected chi connectivity index (χ0v) is 16.8. The summed E-state index contributed by atoms with van der Waals surface area (Å²) >= 11 is 0. The van der Waals surface area contributed by atoms with Crippen molar-refractivity contribution in [3.05, 3.63) is 77.6 Å². The molecule has 154 valence electrons. The third-order valence-electron chi connectivity index (χ3n) is 5.04. The summed E-state index contributed by atoms with van der Waals surface area (Å²) in [5.41, 5.74) is 1.94. The average molecular weight is 408 g/mol. The van der Waals surface area contributed by atoms with Crippen LogP contribution in [0.1, 0.15) is 22.1 Å². The third kappa shape index (κ3) is 3.18. The molecule has 30 heavy (non-hydrogen) atoms. The molecule has 6 nitrogen and oxygen atoms in total. The maximum atomic E-state index is 14.7. The highest BCUT2D eigenvalue weighted by Gasteiger charge is 2.36. The highest BCUT2D eigenvalue weighted by Crippen LogP contribution is 2.43. The molecule has 1 heterocycles. The fourth-order valence-electron chi connectivity index (χ4n) is 3.64. The molecule has 0 radical (unpaired) electrons. The molecule has 0 bridgehead atoms. The predicted molar refractivity (Wildman–Crippen MR) is 112 cm³/mol. The van der Waals surface area contributed by atoms with Gasteiger partial charge in [-0.05, 0) is 36.4 Å². The van der Waals surface area contributed by atoms with E-state index in [4.69, 9.17) is 14.2 Å². The molecule has 0 aliphatic carbocycles. The number of hydrogen-bond donors (Lipinski definition) is 1. The van der Waals surface area contributed by atoms with Crippen LogP contribution < -0.4 is 24.4 Å². The zero-order chi connectivity index (χ0) is 21.3. The van der Waals surface area contributed by atoms with E-state index >= 15 is 0 Å². The number of hydrogen-bond acceptors (Lipinski definition) is 5. The van der Waals surface area contributed by atoms with Gasteiger partial charge < -0.3 is 19.5 Å². The molecule has 7 heteroatoms. The Morgan fingerprint density at radius 2 is 1.53 bits per heavy atom. The zero-order valence-electron chi connectivity index (χ0n) is 16.8. The number of benzene rings is 3. The number of nitrogens with one attached hydrogen (secondary N) is 1. The minimum Gasteiger partial charge on any atom is -0.493 e. The van der Waals surface area contributed by atoms with E-state index in [-0.39, 0.29) is 11.6 Å². The summed E-state index contributed by atoms with van der Waals surface area (Å²) in [6.45, 7) is 0. The van der Waals surface area contributed by atoms with Crippen LogP contribution in [0.2, 0.25) is 0 Å². The van der Waals surface area contributed by atoms with E-state index in [0.717, 1.165) is 0 Å². The van der Waals surface area contributed by atoms with E-state index < -0.39 is 12.0 Å². The number of rotatable bonds is 5. The topological polar surface area (TPSA) is 60.0 Å². The molecule has 0 aromatic heterocycles. The molecule has 3 aromatic rings. The lowest BCUT2D eigenvalue weighted by molar-refractivity contribution is 0.0973. The van der Waals surface area contributed by atoms with Gasteiger partial charge in [0.2, 0.25) is 5.75 Å². The molecule has 0 fully saturated rings. The molecule has 4 rings (SSSR count). The quantitative estimate of drug-likeness (QED) is 0.667. The van der Waals surface area contributed by atoms with Crippen molar-refractivity contribution >= 4 is 17.3 Å². The van der Waals surface area contributed by atoms with Gasteiger partial charge >= 0.3 is 0 Å². The molecule has 3 aromatic carbocycles. The number of ether oxygens (including phenoxy) is 3. The Balaban J connectivity index is 1.92. The number of halogens is 1. The number of anilines is 2. The van der Waals surface area contributed by atoms with Crippen LogP contribution in [0, 0.1) is 5.82 Å². The number of nitrogens with zero attached hydrogens (tertiary/aromatic N) is 1. The van der Waals surface area contributed by atoms with Gasteiger partial charge in [-0.1, -0.05) is 24.3 Å². The SMILES string of the molecule is COc1cc(C2Nc3ccccc3C(=O)N2c2ccccc2F)cc(OC)c1OC. The number of para-hydroxylation sites is 2. The van der Waals surface area contributed by atoms with Crippen molar-refractivity contribution in [3.8, 4) is 17.2 Å². The fraction of sp³-hybridized carbons (Fsp3) is 0.174. The number of amides is 1. The van der Waals surface area contributed by atoms with Crippen molar-refractivity contribution in [3.63, 3.8) is 0 Å². The van der Waals surface area contributed by atoms with Crippen molar-refractivity contribution in [1.29, 1.82) is 0 Å². The maximum absolute atomic E-state index is 14.7. The molecule has 0 saturated carbocycles. The van der Waals surface area contributed by atoms with E-state index in [1.165, 1.54) is 32.3 Å². The van der Waals surface area contributed by atoms with Gasteiger partial charge in [-0.25, -0.2) is 4.39 Å². The molecule has 1 atom stereocenters. The van der Waals surface area contributed by atoms with Gasteiger partial charge in [0, 0.05) is 11.3 Å². The van der Waals surface area contributed by atoms with E-state index in [0.29, 0.717) is 34.1 Å². The summed E-state index contributed by atoms with van der Waals surface area (Å²) < 4.78 is 31.1. The normalized spacial score (nSPS) is 15.3. The summed E-state index contributed by atoms with van der Waals surface area (Å²) in [7, 11) is 4.55. The first kappa shape index (κ1) is 19.6. The largest absolute Gasteiger partial charge is 0.493 e. The lowest BCUT2D eigenvalue weighted by atomic mass is 10.0. The molecule has 1 aliphatic heterocycles. The van der Waals surface area contributed by atoms with E-state index in [1.807, 2.05) is 12.1 Å². The first-order valence-electron chi connectivity index (χ1n) is 9.32. The van der Waals surface area contributed by atoms with Crippen LogP contribution in [0.5, 0.6) is 17.2 Å². The van der Waals surface area contributed by atoms with Crippen LogP contribution >= 0.6 is 0 Å². The van der Waals surface area contributed by atoms with Crippen molar-refractivity contribution in [2.45, 2.75) is 6.17 Å². The second-order valence-corrected chi connectivity index (χ2v) is 6.68. The van der Waals surface area contributed by atoms with Crippen LogP contribution in [-0.4, -0.2) is 27.2 Å². The first-order chi connectivity index (χ1) is 14.6. The molecule has 1 aliphatic rings. The molecular weight excluding hydrogens is 387 g/mol. The van der Waals surface area contributed by atoms with Gasteiger partial charge in [0.1, 0.15) is 12.0 Å². The third-order valence-corrected chi connectivity index (χ3v) is 5.04. The smallest absolute Gasteiger partial charge is 0.262 e. The van der Waals surface area contributed by atoms with Crippen molar-refractivity contribution in [2.24, 2.45) is 0 Å². The average Bonchev–Trinajstić information content (AvgIpc) is 2.78. The van der Waals surface area contributed by atoms with Gasteiger partial charge in [0.25, 0.3) is 5.91 Å². The van der Waals surface area contributed by atoms with Crippen LogP contribution in [0.4, 0.5) is 15.8 Å². The van der Waals surface area contributed by atoms with Crippen molar-refractivity contribution in [1.82, 2.24) is 0 Å². The molecule has 0 spiro atoms. The van der Waals surface area contributed by atoms with Gasteiger partial charge in [-0.15, -0.1) is 0 Å². The maximum Gasteiger partial charge on any atom is 0.262 e. The number of methoxy groups -OCH3 is 3. The van der Waals surface area contributed by atoms with Gasteiger partial charge in [0.05, 0.1) is 32.6 Å². The summed E-state index contributed by atoms with van der Waals surface area (Å²) in [4.78, 5) is 14.8. The minimum atomic E-state index is -0.696. The summed E-state index contributed by atoms with van der Waals surface area (Å²) in [6, 6.07) is 16.8. The highest BCUT2D eigenvalue weighted by atomic mass is 19.1. The molecule has 1 amide bonds. The summed E-state index contributed by atoms with van der Waals surface area (Å²) in [5, 5.41) is 3.35. The molecular formula is C23H21FN2O4. The Morgan fingerprint density at radius 3 is 2.17 bits per heavy atom. The van der Waals surface area contributed by atoms with Crippen LogP contribution in [0.25, 0.3) is 0 Å². The number of carbonyl (C=O) groups excluding carboxylic acids is 1. The number of fused-ring (bicyclic) bond motifs is 1. The highest BCUT2D eigenvalue weighted by molar-refractivity contribution is 6.12. The summed E-state index contributed by atoms with van der Waals surface area (Å²) in [6.07, 6.45) is -0.696. The molecule has 0 saturated heterocycles. The Labute approximate surface area is 173 Å². The van der Waals surface area contributed by atoms with Crippen LogP contribution in [0.3, 0.4) is 0 Å². The first-order valence-corrected chi connectivity index (χ1v) is 9.32. The van der Waals surface area contributed by atoms with Crippen LogP contribution in [0.15, 0.2) is 60.7 Å². The molecule has 1 unspecified atom stereocenters. The second-order valence-electron chi connectivity index (χ2n) is 6.68. The Bertz CT molecular complexity index is 1080. The van der Waals surface area contributed by atoms with Gasteiger partial charge in [0.15, 0.2) is 11.5 Å². The number of carbonyl (C=O) groups is 1. The van der Waals surface area contributed by atoms with Gasteiger partial charge in [-0.2, -0.15) is 0 Å². The predicted octanol–water partition coefficient (Wildman–Crippen LogP) is 4.62. The van der Waals surface area contributed by atoms with Gasteiger partial charge in [-0.3, -0.25) is 9.69 Å². The minimum absolute atomic E-state index is 0.170. The lowest BCUT2D eigenvalue weighted by Crippen LogP contribution is -2.43. The standard InChI is InChI=1S/C23H21FN2O4/c1-28-19-12-14(13-20(29-2)21(19)30-3)22-25-17-10-6-4-8-15(17)23(27)26(22)18-11-7-5-9-16(18)24/h4-13,22,25H,1-3H3. The monoisotopic (exact) mass is 408 g/mol. The van der Waals surface area contributed by atoms with E-state index in [1.54, 1.807) is 42.5 Å². The Morgan fingerprint density at radius 1 is 0.900 bits per heavy atom. The Kier molecular flexibility index (Phi) is 5.18. The summed E-state index contributed by atoms with van der Waals surface area (Å²) in [5.74, 6) is 0.503. The van der Waals surface area contributed by atoms with Crippen LogP contribution in [-0.2, 0) is 0 Å². The lowest BCUT2D eigenvalue weighted by Gasteiger charge is -2.38. The second kappa shape index (κ2) is 7.94.